The number of likely N-dealkylation sites (tertiary alicyclic amines) is 1. The number of piperidine rings is 1. The van der Waals surface area contributed by atoms with Crippen LogP contribution in [0.25, 0.3) is 0 Å². The molecule has 2 N–H and O–H groups in total. The molecule has 0 aliphatic carbocycles. The van der Waals surface area contributed by atoms with E-state index in [-0.39, 0.29) is 18.0 Å². The van der Waals surface area contributed by atoms with E-state index < -0.39 is 0 Å². The first kappa shape index (κ1) is 19.0. The summed E-state index contributed by atoms with van der Waals surface area (Å²) in [6.07, 6.45) is 4.41. The van der Waals surface area contributed by atoms with Crippen LogP contribution in [0.4, 0.5) is 10.7 Å². The number of carbonyl (C=O) groups is 2. The topological polar surface area (TPSA) is 96.5 Å². The Bertz CT molecular complexity index is 568. The van der Waals surface area contributed by atoms with E-state index in [1.807, 2.05) is 13.8 Å². The lowest BCUT2D eigenvalue weighted by Gasteiger charge is -2.31. The van der Waals surface area contributed by atoms with Gasteiger partial charge in [-0.15, -0.1) is 0 Å². The third-order valence-corrected chi connectivity index (χ3v) is 3.94. The Balaban J connectivity index is 1.80. The number of hydrogen-bond acceptors (Lipinski definition) is 6. The van der Waals surface area contributed by atoms with Gasteiger partial charge in [0.25, 0.3) is 5.91 Å². The van der Waals surface area contributed by atoms with Gasteiger partial charge >= 0.3 is 6.09 Å². The lowest BCUT2D eigenvalue weighted by molar-refractivity contribution is 0.0947. The molecule has 1 aromatic heterocycles. The molecule has 1 aromatic rings. The van der Waals surface area contributed by atoms with E-state index in [1.165, 1.54) is 12.4 Å². The molecule has 0 spiro atoms. The maximum Gasteiger partial charge on any atom is 0.409 e. The van der Waals surface area contributed by atoms with E-state index >= 15 is 0 Å². The number of rotatable bonds is 6. The summed E-state index contributed by atoms with van der Waals surface area (Å²) in [5, 5.41) is 6.09. The summed E-state index contributed by atoms with van der Waals surface area (Å²) in [7, 11) is 0. The highest BCUT2D eigenvalue weighted by molar-refractivity contribution is 5.93. The van der Waals surface area contributed by atoms with Crippen molar-refractivity contribution in [3.8, 4) is 0 Å². The minimum Gasteiger partial charge on any atom is -0.450 e. The van der Waals surface area contributed by atoms with Gasteiger partial charge in [0.05, 0.1) is 12.2 Å². The lowest BCUT2D eigenvalue weighted by Crippen LogP contribution is -2.42. The molecule has 2 rings (SSSR count). The van der Waals surface area contributed by atoms with E-state index in [2.05, 4.69) is 20.6 Å². The normalized spacial score (nSPS) is 15.1. The van der Waals surface area contributed by atoms with E-state index in [4.69, 9.17) is 4.74 Å². The van der Waals surface area contributed by atoms with Gasteiger partial charge < -0.3 is 20.3 Å². The van der Waals surface area contributed by atoms with Crippen LogP contribution in [0.15, 0.2) is 12.4 Å². The molecule has 138 valence electrons. The molecule has 8 heteroatoms. The fraction of sp³-hybridized carbons (Fsp3) is 0.647. The number of aromatic nitrogens is 2. The fourth-order valence-electron chi connectivity index (χ4n) is 2.52. The number of ether oxygens (including phenoxy) is 1. The third kappa shape index (κ3) is 5.88. The predicted octanol–water partition coefficient (Wildman–Crippen LogP) is 1.90. The van der Waals surface area contributed by atoms with E-state index in [9.17, 15) is 9.59 Å². The van der Waals surface area contributed by atoms with Crippen LogP contribution in [-0.4, -0.2) is 59.2 Å². The van der Waals surface area contributed by atoms with Crippen LogP contribution < -0.4 is 10.6 Å². The van der Waals surface area contributed by atoms with E-state index in [0.717, 1.165) is 12.8 Å². The van der Waals surface area contributed by atoms with Crippen LogP contribution in [0.1, 0.15) is 44.0 Å². The van der Waals surface area contributed by atoms with Crippen LogP contribution in [0, 0.1) is 5.92 Å². The second-order valence-corrected chi connectivity index (χ2v) is 6.50. The van der Waals surface area contributed by atoms with Crippen molar-refractivity contribution in [3.05, 3.63) is 18.0 Å². The minimum absolute atomic E-state index is 0.164. The summed E-state index contributed by atoms with van der Waals surface area (Å²) < 4.78 is 5.01. The van der Waals surface area contributed by atoms with Crippen molar-refractivity contribution in [2.24, 2.45) is 5.92 Å². The Labute approximate surface area is 148 Å². The number of hydrogen-bond donors (Lipinski definition) is 2. The zero-order chi connectivity index (χ0) is 18.2. The average Bonchev–Trinajstić information content (AvgIpc) is 2.61. The van der Waals surface area contributed by atoms with Gasteiger partial charge in [0.2, 0.25) is 5.95 Å². The summed E-state index contributed by atoms with van der Waals surface area (Å²) in [6, 6.07) is 0.200. The molecule has 25 heavy (non-hydrogen) atoms. The molecule has 0 unspecified atom stereocenters. The molecular weight excluding hydrogens is 322 g/mol. The maximum atomic E-state index is 11.9. The molecule has 8 nitrogen and oxygen atoms in total. The van der Waals surface area contributed by atoms with Crippen molar-refractivity contribution in [3.63, 3.8) is 0 Å². The van der Waals surface area contributed by atoms with Crippen molar-refractivity contribution >= 4 is 17.9 Å². The summed E-state index contributed by atoms with van der Waals surface area (Å²) in [4.78, 5) is 33.8. The molecule has 0 atom stereocenters. The van der Waals surface area contributed by atoms with Gasteiger partial charge in [-0.05, 0) is 25.7 Å². The lowest BCUT2D eigenvalue weighted by atomic mass is 10.1. The Morgan fingerprint density at radius 3 is 2.48 bits per heavy atom. The summed E-state index contributed by atoms with van der Waals surface area (Å²) in [5.41, 5.74) is 0.448. The third-order valence-electron chi connectivity index (χ3n) is 3.94. The zero-order valence-electron chi connectivity index (χ0n) is 15.1. The van der Waals surface area contributed by atoms with Crippen LogP contribution in [-0.2, 0) is 4.74 Å². The summed E-state index contributed by atoms with van der Waals surface area (Å²) in [6.45, 7) is 8.18. The van der Waals surface area contributed by atoms with E-state index in [0.29, 0.717) is 43.7 Å². The first-order valence-electron chi connectivity index (χ1n) is 8.78. The van der Waals surface area contributed by atoms with Gasteiger partial charge in [0.15, 0.2) is 0 Å². The molecule has 0 bridgehead atoms. The van der Waals surface area contributed by atoms with Gasteiger partial charge in [0, 0.05) is 38.1 Å². The Morgan fingerprint density at radius 2 is 1.92 bits per heavy atom. The monoisotopic (exact) mass is 349 g/mol. The highest BCUT2D eigenvalue weighted by Gasteiger charge is 2.23. The second kappa shape index (κ2) is 9.19. The van der Waals surface area contributed by atoms with Gasteiger partial charge in [-0.3, -0.25) is 4.79 Å². The van der Waals surface area contributed by atoms with Gasteiger partial charge in [-0.25, -0.2) is 14.8 Å². The minimum atomic E-state index is -0.256. The van der Waals surface area contributed by atoms with Crippen molar-refractivity contribution in [1.29, 1.82) is 0 Å². The van der Waals surface area contributed by atoms with Crippen molar-refractivity contribution in [1.82, 2.24) is 20.2 Å². The van der Waals surface area contributed by atoms with E-state index in [1.54, 1.807) is 11.8 Å². The SMILES string of the molecule is CCOC(=O)N1CCC(Nc2ncc(C(=O)NCC(C)C)cn2)CC1. The number of amides is 2. The van der Waals surface area contributed by atoms with Gasteiger partial charge in [-0.1, -0.05) is 13.8 Å². The quantitative estimate of drug-likeness (QED) is 0.814. The fourth-order valence-corrected chi connectivity index (χ4v) is 2.52. The number of nitrogens with one attached hydrogen (secondary N) is 2. The average molecular weight is 349 g/mol. The van der Waals surface area contributed by atoms with Crippen molar-refractivity contribution in [2.45, 2.75) is 39.7 Å². The predicted molar refractivity (Wildman–Crippen MR) is 94.4 cm³/mol. The van der Waals surface area contributed by atoms with Crippen LogP contribution in [0.3, 0.4) is 0 Å². The molecule has 0 saturated carbocycles. The molecule has 0 aromatic carbocycles. The van der Waals surface area contributed by atoms with Crippen LogP contribution in [0.5, 0.6) is 0 Å². The van der Waals surface area contributed by atoms with Crippen LogP contribution in [0.2, 0.25) is 0 Å². The Hall–Kier alpha value is -2.38. The highest BCUT2D eigenvalue weighted by atomic mass is 16.6. The van der Waals surface area contributed by atoms with Gasteiger partial charge in [-0.2, -0.15) is 0 Å². The first-order chi connectivity index (χ1) is 12.0. The molecule has 1 aliphatic heterocycles. The van der Waals surface area contributed by atoms with Gasteiger partial charge in [0.1, 0.15) is 0 Å². The molecule has 2 amide bonds. The Morgan fingerprint density at radius 1 is 1.28 bits per heavy atom. The largest absolute Gasteiger partial charge is 0.450 e. The Kier molecular flexibility index (Phi) is 6.97. The molecule has 2 heterocycles. The number of nitrogens with zero attached hydrogens (tertiary/aromatic N) is 3. The molecular formula is C17H27N5O3. The number of anilines is 1. The summed E-state index contributed by atoms with van der Waals surface area (Å²) in [5.74, 6) is 0.726. The van der Waals surface area contributed by atoms with Crippen LogP contribution >= 0.6 is 0 Å². The molecule has 1 fully saturated rings. The number of carbonyl (C=O) groups excluding carboxylic acids is 2. The van der Waals surface area contributed by atoms with Crippen molar-refractivity contribution in [2.75, 3.05) is 31.6 Å². The second-order valence-electron chi connectivity index (χ2n) is 6.50. The summed E-state index contributed by atoms with van der Waals surface area (Å²) >= 11 is 0. The zero-order valence-corrected chi connectivity index (χ0v) is 15.1. The molecule has 0 radical (unpaired) electrons. The maximum absolute atomic E-state index is 11.9. The highest BCUT2D eigenvalue weighted by Crippen LogP contribution is 2.15. The first-order valence-corrected chi connectivity index (χ1v) is 8.78. The molecule has 1 saturated heterocycles. The smallest absolute Gasteiger partial charge is 0.409 e. The van der Waals surface area contributed by atoms with Crippen molar-refractivity contribution < 1.29 is 14.3 Å². The standard InChI is InChI=1S/C17H27N5O3/c1-4-25-17(24)22-7-5-14(6-8-22)21-16-19-10-13(11-20-16)15(23)18-9-12(2)3/h10-12,14H,4-9H2,1-3H3,(H,18,23)(H,19,20,21). The molecule has 1 aliphatic rings.